The molecule has 5 rings (SSSR count). The number of nitrogens with zero attached hydrogens (tertiary/aromatic N) is 2. The van der Waals surface area contributed by atoms with Crippen molar-refractivity contribution in [2.24, 2.45) is 23.7 Å². The molecule has 4 heteroatoms. The third kappa shape index (κ3) is 1.80. The predicted octanol–water partition coefficient (Wildman–Crippen LogP) is 3.07. The molecule has 1 N–H and O–H groups in total. The Morgan fingerprint density at radius 1 is 1.25 bits per heavy atom. The average molecular weight is 274 g/mol. The quantitative estimate of drug-likeness (QED) is 0.921. The highest BCUT2D eigenvalue weighted by atomic mass is 16.4. The maximum Gasteiger partial charge on any atom is 0.312 e. The van der Waals surface area contributed by atoms with Crippen LogP contribution in [0.3, 0.4) is 0 Å². The molecule has 0 radical (unpaired) electrons. The van der Waals surface area contributed by atoms with E-state index in [-0.39, 0.29) is 0 Å². The number of carbonyl (C=O) groups is 1. The standard InChI is InChI=1S/C16H22N2O2/c1-9(16(19)20)14-7-18(8-17-14)15-12-3-10-2-11(5-12)6-13(15)4-10/h7-13,15H,2-6H2,1H3,(H,19,20). The minimum atomic E-state index is -0.791. The summed E-state index contributed by atoms with van der Waals surface area (Å²) in [5.41, 5.74) is 0.700. The number of aliphatic carboxylic acids is 1. The van der Waals surface area contributed by atoms with Gasteiger partial charge in [-0.3, -0.25) is 4.79 Å². The molecule has 108 valence electrons. The normalized spacial score (nSPS) is 40.0. The van der Waals surface area contributed by atoms with Gasteiger partial charge in [0.1, 0.15) is 0 Å². The molecule has 0 aromatic carbocycles. The molecule has 1 aromatic rings. The molecule has 4 aliphatic carbocycles. The van der Waals surface area contributed by atoms with Gasteiger partial charge in [0.2, 0.25) is 0 Å². The number of hydrogen-bond donors (Lipinski definition) is 1. The van der Waals surface area contributed by atoms with Crippen molar-refractivity contribution in [3.63, 3.8) is 0 Å². The first-order valence-corrected chi connectivity index (χ1v) is 7.88. The van der Waals surface area contributed by atoms with E-state index in [0.717, 1.165) is 23.7 Å². The molecule has 0 spiro atoms. The molecule has 1 aromatic heterocycles. The lowest BCUT2D eigenvalue weighted by atomic mass is 9.54. The summed E-state index contributed by atoms with van der Waals surface area (Å²) in [6.07, 6.45) is 10.8. The zero-order valence-electron chi connectivity index (χ0n) is 11.9. The molecule has 0 saturated heterocycles. The maximum atomic E-state index is 11.1. The molecular formula is C16H22N2O2. The van der Waals surface area contributed by atoms with E-state index in [1.165, 1.54) is 32.1 Å². The summed E-state index contributed by atoms with van der Waals surface area (Å²) in [7, 11) is 0. The van der Waals surface area contributed by atoms with E-state index in [2.05, 4.69) is 9.55 Å². The van der Waals surface area contributed by atoms with Crippen molar-refractivity contribution < 1.29 is 9.90 Å². The second-order valence-electron chi connectivity index (χ2n) is 7.23. The van der Waals surface area contributed by atoms with Gasteiger partial charge in [0, 0.05) is 12.2 Å². The minimum absolute atomic E-state index is 0.506. The van der Waals surface area contributed by atoms with Crippen molar-refractivity contribution in [1.82, 2.24) is 9.55 Å². The average Bonchev–Trinajstić information content (AvgIpc) is 2.85. The van der Waals surface area contributed by atoms with E-state index < -0.39 is 11.9 Å². The Kier molecular flexibility index (Phi) is 2.69. The van der Waals surface area contributed by atoms with Crippen LogP contribution < -0.4 is 0 Å². The zero-order valence-corrected chi connectivity index (χ0v) is 11.9. The Hall–Kier alpha value is -1.32. The Balaban J connectivity index is 1.60. The maximum absolute atomic E-state index is 11.1. The van der Waals surface area contributed by atoms with Crippen molar-refractivity contribution in [3.05, 3.63) is 18.2 Å². The van der Waals surface area contributed by atoms with Gasteiger partial charge in [0.15, 0.2) is 0 Å². The van der Waals surface area contributed by atoms with Crippen LogP contribution in [0.25, 0.3) is 0 Å². The van der Waals surface area contributed by atoms with Crippen LogP contribution in [0.5, 0.6) is 0 Å². The summed E-state index contributed by atoms with van der Waals surface area (Å²) in [5.74, 6) is 2.24. The molecule has 1 unspecified atom stereocenters. The third-order valence-corrected chi connectivity index (χ3v) is 5.96. The highest BCUT2D eigenvalue weighted by molar-refractivity contribution is 5.74. The smallest absolute Gasteiger partial charge is 0.312 e. The van der Waals surface area contributed by atoms with Crippen molar-refractivity contribution >= 4 is 5.97 Å². The number of carboxylic acid groups (broad SMARTS) is 1. The van der Waals surface area contributed by atoms with E-state index in [4.69, 9.17) is 5.11 Å². The van der Waals surface area contributed by atoms with E-state index in [0.29, 0.717) is 11.7 Å². The molecule has 0 aliphatic heterocycles. The summed E-state index contributed by atoms with van der Waals surface area (Å²) in [6, 6.07) is 0.574. The number of rotatable bonds is 3. The lowest BCUT2D eigenvalue weighted by molar-refractivity contribution is -0.138. The number of carboxylic acids is 1. The highest BCUT2D eigenvalue weighted by Gasteiger charge is 2.48. The first kappa shape index (κ1) is 12.4. The molecule has 4 bridgehead atoms. The summed E-state index contributed by atoms with van der Waals surface area (Å²) >= 11 is 0. The molecule has 20 heavy (non-hydrogen) atoms. The molecule has 1 atom stereocenters. The van der Waals surface area contributed by atoms with Crippen LogP contribution in [0.4, 0.5) is 0 Å². The number of imidazole rings is 1. The van der Waals surface area contributed by atoms with Gasteiger partial charge >= 0.3 is 5.97 Å². The fourth-order valence-corrected chi connectivity index (χ4v) is 5.25. The first-order valence-electron chi connectivity index (χ1n) is 7.88. The molecular weight excluding hydrogens is 252 g/mol. The Labute approximate surface area is 119 Å². The van der Waals surface area contributed by atoms with Gasteiger partial charge in [-0.1, -0.05) is 0 Å². The summed E-state index contributed by atoms with van der Waals surface area (Å²) in [5, 5.41) is 9.11. The summed E-state index contributed by atoms with van der Waals surface area (Å²) in [4.78, 5) is 15.4. The molecule has 4 saturated carbocycles. The second kappa shape index (κ2) is 4.34. The molecule has 1 heterocycles. The fourth-order valence-electron chi connectivity index (χ4n) is 5.25. The summed E-state index contributed by atoms with van der Waals surface area (Å²) in [6.45, 7) is 1.71. The monoisotopic (exact) mass is 274 g/mol. The summed E-state index contributed by atoms with van der Waals surface area (Å²) < 4.78 is 2.24. The predicted molar refractivity (Wildman–Crippen MR) is 74.4 cm³/mol. The van der Waals surface area contributed by atoms with Gasteiger partial charge in [-0.05, 0) is 62.7 Å². The highest BCUT2D eigenvalue weighted by Crippen LogP contribution is 2.58. The number of hydrogen-bond acceptors (Lipinski definition) is 2. The molecule has 4 aliphatic rings. The molecule has 0 amide bonds. The molecule has 4 fully saturated rings. The SMILES string of the molecule is CC(C(=O)O)c1cn(C2C3CC4CC(C3)CC2C4)cn1. The van der Waals surface area contributed by atoms with Crippen LogP contribution in [0.1, 0.15) is 56.7 Å². The van der Waals surface area contributed by atoms with E-state index in [1.54, 1.807) is 6.92 Å². The Morgan fingerprint density at radius 3 is 2.40 bits per heavy atom. The van der Waals surface area contributed by atoms with E-state index in [9.17, 15) is 4.79 Å². The zero-order chi connectivity index (χ0) is 13.9. The van der Waals surface area contributed by atoms with Gasteiger partial charge in [-0.2, -0.15) is 0 Å². The van der Waals surface area contributed by atoms with Gasteiger partial charge in [-0.25, -0.2) is 4.98 Å². The van der Waals surface area contributed by atoms with Gasteiger partial charge in [-0.15, -0.1) is 0 Å². The van der Waals surface area contributed by atoms with Crippen molar-refractivity contribution in [3.8, 4) is 0 Å². The second-order valence-corrected chi connectivity index (χ2v) is 7.23. The molecule has 4 nitrogen and oxygen atoms in total. The topological polar surface area (TPSA) is 55.1 Å². The Bertz CT molecular complexity index is 508. The van der Waals surface area contributed by atoms with Crippen LogP contribution >= 0.6 is 0 Å². The van der Waals surface area contributed by atoms with Gasteiger partial charge in [0.25, 0.3) is 0 Å². The largest absolute Gasteiger partial charge is 0.481 e. The van der Waals surface area contributed by atoms with Crippen molar-refractivity contribution in [2.75, 3.05) is 0 Å². The van der Waals surface area contributed by atoms with Crippen LogP contribution in [-0.2, 0) is 4.79 Å². The van der Waals surface area contributed by atoms with Crippen LogP contribution in [-0.4, -0.2) is 20.6 Å². The third-order valence-electron chi connectivity index (χ3n) is 5.96. The van der Waals surface area contributed by atoms with E-state index in [1.807, 2.05) is 12.5 Å². The van der Waals surface area contributed by atoms with Gasteiger partial charge < -0.3 is 9.67 Å². The van der Waals surface area contributed by atoms with Crippen LogP contribution in [0.2, 0.25) is 0 Å². The lowest BCUT2D eigenvalue weighted by Gasteiger charge is -2.54. The van der Waals surface area contributed by atoms with Crippen molar-refractivity contribution in [2.45, 2.75) is 51.0 Å². The minimum Gasteiger partial charge on any atom is -0.481 e. The van der Waals surface area contributed by atoms with Crippen LogP contribution in [0, 0.1) is 23.7 Å². The first-order chi connectivity index (χ1) is 9.61. The van der Waals surface area contributed by atoms with Crippen LogP contribution in [0.15, 0.2) is 12.5 Å². The lowest BCUT2D eigenvalue weighted by Crippen LogP contribution is -2.45. The number of aromatic nitrogens is 2. The fraction of sp³-hybridized carbons (Fsp3) is 0.750. The van der Waals surface area contributed by atoms with Gasteiger partial charge in [0.05, 0.1) is 17.9 Å². The van der Waals surface area contributed by atoms with Crippen molar-refractivity contribution in [1.29, 1.82) is 0 Å². The van der Waals surface area contributed by atoms with E-state index >= 15 is 0 Å². The Morgan fingerprint density at radius 2 is 1.85 bits per heavy atom.